The van der Waals surface area contributed by atoms with Gasteiger partial charge in [-0.2, -0.15) is 5.10 Å². The zero-order valence-corrected chi connectivity index (χ0v) is 10.1. The molecule has 17 heavy (non-hydrogen) atoms. The molecule has 3 rings (SSSR count). The van der Waals surface area contributed by atoms with E-state index < -0.39 is 0 Å². The Morgan fingerprint density at radius 3 is 3.18 bits per heavy atom. The van der Waals surface area contributed by atoms with Gasteiger partial charge < -0.3 is 5.32 Å². The van der Waals surface area contributed by atoms with Gasteiger partial charge in [0.2, 0.25) is 0 Å². The van der Waals surface area contributed by atoms with Crippen LogP contribution in [0.4, 0.5) is 0 Å². The number of fused-ring (bicyclic) bond motifs is 1. The van der Waals surface area contributed by atoms with Crippen molar-refractivity contribution >= 4 is 5.52 Å². The highest BCUT2D eigenvalue weighted by molar-refractivity contribution is 5.53. The molecule has 3 nitrogen and oxygen atoms in total. The van der Waals surface area contributed by atoms with Gasteiger partial charge in [-0.1, -0.05) is 18.9 Å². The minimum Gasteiger partial charge on any atom is -0.313 e. The monoisotopic (exact) mass is 229 g/mol. The van der Waals surface area contributed by atoms with Crippen molar-refractivity contribution < 1.29 is 0 Å². The van der Waals surface area contributed by atoms with Crippen LogP contribution in [0.5, 0.6) is 0 Å². The minimum atomic E-state index is 0.929. The lowest BCUT2D eigenvalue weighted by Gasteiger charge is -2.03. The molecule has 1 fully saturated rings. The molecule has 1 aliphatic rings. The van der Waals surface area contributed by atoms with E-state index >= 15 is 0 Å². The van der Waals surface area contributed by atoms with Crippen molar-refractivity contribution in [2.75, 3.05) is 6.54 Å². The molecule has 0 saturated heterocycles. The second kappa shape index (κ2) is 4.88. The summed E-state index contributed by atoms with van der Waals surface area (Å²) >= 11 is 0. The molecule has 3 heteroatoms. The maximum atomic E-state index is 4.33. The smallest absolute Gasteiger partial charge is 0.0706 e. The number of nitrogens with one attached hydrogen (secondary N) is 1. The van der Waals surface area contributed by atoms with Crippen molar-refractivity contribution in [3.63, 3.8) is 0 Å². The lowest BCUT2D eigenvalue weighted by atomic mass is 10.2. The first-order valence-corrected chi connectivity index (χ1v) is 6.55. The van der Waals surface area contributed by atoms with Crippen molar-refractivity contribution in [1.29, 1.82) is 0 Å². The Labute approximate surface area is 102 Å². The molecule has 0 amide bonds. The van der Waals surface area contributed by atoms with Crippen LogP contribution in [-0.4, -0.2) is 16.2 Å². The fourth-order valence-corrected chi connectivity index (χ4v) is 2.27. The summed E-state index contributed by atoms with van der Waals surface area (Å²) in [6.45, 7) is 2.05. The second-order valence-electron chi connectivity index (χ2n) is 4.96. The van der Waals surface area contributed by atoms with Crippen LogP contribution in [0.2, 0.25) is 0 Å². The van der Waals surface area contributed by atoms with E-state index in [4.69, 9.17) is 0 Å². The van der Waals surface area contributed by atoms with Gasteiger partial charge in [-0.05, 0) is 37.4 Å². The summed E-state index contributed by atoms with van der Waals surface area (Å²) in [6.07, 6.45) is 9.60. The van der Waals surface area contributed by atoms with Gasteiger partial charge in [0.05, 0.1) is 11.7 Å². The van der Waals surface area contributed by atoms with Gasteiger partial charge in [-0.15, -0.1) is 0 Å². The van der Waals surface area contributed by atoms with Crippen LogP contribution in [-0.2, 0) is 6.54 Å². The highest BCUT2D eigenvalue weighted by Gasteiger charge is 2.19. The van der Waals surface area contributed by atoms with Crippen LogP contribution >= 0.6 is 0 Å². The third-order valence-corrected chi connectivity index (χ3v) is 3.48. The molecular formula is C14H19N3. The van der Waals surface area contributed by atoms with Crippen molar-refractivity contribution in [3.8, 4) is 0 Å². The molecule has 90 valence electrons. The average molecular weight is 229 g/mol. The summed E-state index contributed by atoms with van der Waals surface area (Å²) in [5.74, 6) is 1.05. The predicted molar refractivity (Wildman–Crippen MR) is 68.9 cm³/mol. The SMILES string of the molecule is c1ccn2ncc(CNCCCC3CC3)c2c1. The molecule has 0 spiro atoms. The van der Waals surface area contributed by atoms with Crippen molar-refractivity contribution in [2.45, 2.75) is 32.2 Å². The van der Waals surface area contributed by atoms with Crippen LogP contribution in [0.3, 0.4) is 0 Å². The fraction of sp³-hybridized carbons (Fsp3) is 0.500. The van der Waals surface area contributed by atoms with Gasteiger partial charge >= 0.3 is 0 Å². The summed E-state index contributed by atoms with van der Waals surface area (Å²) in [4.78, 5) is 0. The van der Waals surface area contributed by atoms with E-state index in [1.54, 1.807) is 0 Å². The number of rotatable bonds is 6. The van der Waals surface area contributed by atoms with Gasteiger partial charge in [0.1, 0.15) is 0 Å². The molecule has 1 N–H and O–H groups in total. The minimum absolute atomic E-state index is 0.929. The lowest BCUT2D eigenvalue weighted by Crippen LogP contribution is -2.14. The molecule has 0 aliphatic heterocycles. The van der Waals surface area contributed by atoms with Crippen LogP contribution in [0, 0.1) is 5.92 Å². The molecule has 1 saturated carbocycles. The van der Waals surface area contributed by atoms with Crippen molar-refractivity contribution in [1.82, 2.24) is 14.9 Å². The van der Waals surface area contributed by atoms with Gasteiger partial charge in [0, 0.05) is 18.3 Å². The number of nitrogens with zero attached hydrogens (tertiary/aromatic N) is 2. The topological polar surface area (TPSA) is 29.3 Å². The first-order chi connectivity index (χ1) is 8.43. The Morgan fingerprint density at radius 2 is 2.29 bits per heavy atom. The van der Waals surface area contributed by atoms with E-state index in [-0.39, 0.29) is 0 Å². The molecule has 2 aromatic heterocycles. The standard InChI is InChI=1S/C14H19N3/c1-2-9-17-14(5-1)13(11-16-17)10-15-8-3-4-12-6-7-12/h1-2,5,9,11-12,15H,3-4,6-8,10H2. The maximum absolute atomic E-state index is 4.33. The highest BCUT2D eigenvalue weighted by Crippen LogP contribution is 2.33. The van der Waals surface area contributed by atoms with Crippen molar-refractivity contribution in [2.24, 2.45) is 5.92 Å². The van der Waals surface area contributed by atoms with Gasteiger partial charge in [-0.25, -0.2) is 4.52 Å². The Morgan fingerprint density at radius 1 is 1.35 bits per heavy atom. The second-order valence-corrected chi connectivity index (χ2v) is 4.96. The van der Waals surface area contributed by atoms with Crippen LogP contribution < -0.4 is 5.32 Å². The van der Waals surface area contributed by atoms with Gasteiger partial charge in [-0.3, -0.25) is 0 Å². The maximum Gasteiger partial charge on any atom is 0.0706 e. The lowest BCUT2D eigenvalue weighted by molar-refractivity contribution is 0.595. The first kappa shape index (κ1) is 10.8. The Balaban J connectivity index is 1.50. The summed E-state index contributed by atoms with van der Waals surface area (Å²) in [5.41, 5.74) is 2.50. The summed E-state index contributed by atoms with van der Waals surface area (Å²) in [5, 5.41) is 7.84. The molecular weight excluding hydrogens is 210 g/mol. The molecule has 0 radical (unpaired) electrons. The summed E-state index contributed by atoms with van der Waals surface area (Å²) < 4.78 is 1.93. The molecule has 0 aromatic carbocycles. The third kappa shape index (κ3) is 2.67. The average Bonchev–Trinajstić information content (AvgIpc) is 3.09. The number of hydrogen-bond acceptors (Lipinski definition) is 2. The molecule has 1 aliphatic carbocycles. The Bertz CT molecular complexity index is 485. The normalized spacial score (nSPS) is 15.5. The summed E-state index contributed by atoms with van der Waals surface area (Å²) in [6, 6.07) is 6.19. The number of hydrogen-bond donors (Lipinski definition) is 1. The zero-order chi connectivity index (χ0) is 11.5. The molecule has 0 bridgehead atoms. The zero-order valence-electron chi connectivity index (χ0n) is 10.1. The van der Waals surface area contributed by atoms with Crippen LogP contribution in [0.15, 0.2) is 30.6 Å². The van der Waals surface area contributed by atoms with Crippen molar-refractivity contribution in [3.05, 3.63) is 36.2 Å². The van der Waals surface area contributed by atoms with Gasteiger partial charge in [0.25, 0.3) is 0 Å². The molecule has 0 atom stereocenters. The quantitative estimate of drug-likeness (QED) is 0.771. The highest BCUT2D eigenvalue weighted by atomic mass is 15.2. The largest absolute Gasteiger partial charge is 0.313 e. The molecule has 2 heterocycles. The van der Waals surface area contributed by atoms with Gasteiger partial charge in [0.15, 0.2) is 0 Å². The van der Waals surface area contributed by atoms with E-state index in [0.29, 0.717) is 0 Å². The first-order valence-electron chi connectivity index (χ1n) is 6.55. The predicted octanol–water partition coefficient (Wildman–Crippen LogP) is 2.61. The third-order valence-electron chi connectivity index (χ3n) is 3.48. The number of aromatic nitrogens is 2. The molecule has 0 unspecified atom stereocenters. The van der Waals surface area contributed by atoms with Crippen LogP contribution in [0.1, 0.15) is 31.2 Å². The fourth-order valence-electron chi connectivity index (χ4n) is 2.27. The number of pyridine rings is 1. The Kier molecular flexibility index (Phi) is 3.10. The van der Waals surface area contributed by atoms with Crippen LogP contribution in [0.25, 0.3) is 5.52 Å². The van der Waals surface area contributed by atoms with E-state index in [2.05, 4.69) is 22.5 Å². The van der Waals surface area contributed by atoms with E-state index in [1.165, 1.54) is 36.8 Å². The Hall–Kier alpha value is -1.35. The molecule has 2 aromatic rings. The van der Waals surface area contributed by atoms with E-state index in [1.807, 2.05) is 23.0 Å². The van der Waals surface area contributed by atoms with E-state index in [9.17, 15) is 0 Å². The van der Waals surface area contributed by atoms with E-state index in [0.717, 1.165) is 19.0 Å². The summed E-state index contributed by atoms with van der Waals surface area (Å²) in [7, 11) is 0.